The summed E-state index contributed by atoms with van der Waals surface area (Å²) in [7, 11) is 1.95. The highest BCUT2D eigenvalue weighted by Crippen LogP contribution is 2.35. The van der Waals surface area contributed by atoms with Crippen molar-refractivity contribution >= 4 is 5.91 Å². The molecular formula is C17H26N2O2. The van der Waals surface area contributed by atoms with Crippen LogP contribution in [0.15, 0.2) is 12.1 Å². The minimum atomic E-state index is -0.229. The summed E-state index contributed by atoms with van der Waals surface area (Å²) < 4.78 is 1.97. The molecule has 1 aliphatic carbocycles. The van der Waals surface area contributed by atoms with E-state index in [9.17, 15) is 9.90 Å². The monoisotopic (exact) mass is 290 g/mol. The Hall–Kier alpha value is -1.29. The number of carbonyl (C=O) groups is 1. The summed E-state index contributed by atoms with van der Waals surface area (Å²) >= 11 is 0. The fourth-order valence-corrected chi connectivity index (χ4v) is 4.05. The van der Waals surface area contributed by atoms with Crippen LogP contribution >= 0.6 is 0 Å². The lowest BCUT2D eigenvalue weighted by molar-refractivity contribution is 0.0208. The number of nitrogens with zero attached hydrogens (tertiary/aromatic N) is 2. The molecule has 1 amide bonds. The maximum absolute atomic E-state index is 12.9. The SMILES string of the molecule is Cc1ccc(C(=O)N2CCC[C@@H]2[C@@H]2CCCC[C@@H]2O)n1C. The quantitative estimate of drug-likeness (QED) is 0.909. The number of likely N-dealkylation sites (tertiary alicyclic amines) is 1. The van der Waals surface area contributed by atoms with Crippen molar-refractivity contribution in [2.24, 2.45) is 13.0 Å². The standard InChI is InChI=1S/C17H26N2O2/c1-12-9-10-15(18(12)2)17(21)19-11-5-7-14(19)13-6-3-4-8-16(13)20/h9-10,13-14,16,20H,3-8,11H2,1-2H3/t13-,14+,16-/m0/s1. The van der Waals surface area contributed by atoms with Gasteiger partial charge in [-0.3, -0.25) is 4.79 Å². The Balaban J connectivity index is 1.80. The van der Waals surface area contributed by atoms with E-state index >= 15 is 0 Å². The molecule has 1 aromatic rings. The molecule has 0 bridgehead atoms. The minimum Gasteiger partial charge on any atom is -0.393 e. The predicted octanol–water partition coefficient (Wildman–Crippen LogP) is 2.49. The van der Waals surface area contributed by atoms with Crippen molar-refractivity contribution in [3.05, 3.63) is 23.5 Å². The van der Waals surface area contributed by atoms with Crippen LogP contribution in [0.4, 0.5) is 0 Å². The first kappa shape index (κ1) is 14.6. The van der Waals surface area contributed by atoms with Crippen LogP contribution in [-0.4, -0.2) is 39.2 Å². The first-order valence-corrected chi connectivity index (χ1v) is 8.21. The summed E-state index contributed by atoms with van der Waals surface area (Å²) in [4.78, 5) is 14.9. The largest absolute Gasteiger partial charge is 0.393 e. The number of carbonyl (C=O) groups excluding carboxylic acids is 1. The molecule has 0 spiro atoms. The van der Waals surface area contributed by atoms with Gasteiger partial charge in [0.15, 0.2) is 0 Å². The van der Waals surface area contributed by atoms with Crippen molar-refractivity contribution < 1.29 is 9.90 Å². The first-order valence-electron chi connectivity index (χ1n) is 8.21. The summed E-state index contributed by atoms with van der Waals surface area (Å²) in [5, 5.41) is 10.3. The second-order valence-corrected chi connectivity index (χ2v) is 6.64. The first-order chi connectivity index (χ1) is 10.1. The second-order valence-electron chi connectivity index (χ2n) is 6.64. The summed E-state index contributed by atoms with van der Waals surface area (Å²) in [6, 6.07) is 4.14. The number of aromatic nitrogens is 1. The van der Waals surface area contributed by atoms with Gasteiger partial charge in [-0.1, -0.05) is 12.8 Å². The van der Waals surface area contributed by atoms with Gasteiger partial charge in [0.1, 0.15) is 5.69 Å². The lowest BCUT2D eigenvalue weighted by Gasteiger charge is -2.37. The van der Waals surface area contributed by atoms with Gasteiger partial charge in [0.2, 0.25) is 0 Å². The van der Waals surface area contributed by atoms with E-state index in [1.165, 1.54) is 6.42 Å². The van der Waals surface area contributed by atoms with Gasteiger partial charge in [-0.15, -0.1) is 0 Å². The van der Waals surface area contributed by atoms with Crippen molar-refractivity contribution in [3.63, 3.8) is 0 Å². The van der Waals surface area contributed by atoms with Gasteiger partial charge in [-0.2, -0.15) is 0 Å². The zero-order valence-corrected chi connectivity index (χ0v) is 13.1. The fourth-order valence-electron chi connectivity index (χ4n) is 4.05. The molecule has 1 saturated carbocycles. The fraction of sp³-hybridized carbons (Fsp3) is 0.706. The number of hydrogen-bond donors (Lipinski definition) is 1. The molecule has 4 nitrogen and oxygen atoms in total. The molecule has 116 valence electrons. The van der Waals surface area contributed by atoms with Crippen molar-refractivity contribution in [1.29, 1.82) is 0 Å². The van der Waals surface area contributed by atoms with Gasteiger partial charge in [0, 0.05) is 31.2 Å². The molecule has 4 heteroatoms. The van der Waals surface area contributed by atoms with Gasteiger partial charge in [-0.05, 0) is 44.7 Å². The third-order valence-corrected chi connectivity index (χ3v) is 5.43. The molecule has 1 saturated heterocycles. The lowest BCUT2D eigenvalue weighted by Crippen LogP contribution is -2.45. The average Bonchev–Trinajstić information content (AvgIpc) is 3.07. The topological polar surface area (TPSA) is 45.5 Å². The normalized spacial score (nSPS) is 29.9. The summed E-state index contributed by atoms with van der Waals surface area (Å²) in [6.45, 7) is 2.85. The molecule has 0 radical (unpaired) electrons. The Morgan fingerprint density at radius 3 is 2.62 bits per heavy atom. The van der Waals surface area contributed by atoms with Crippen LogP contribution in [-0.2, 0) is 7.05 Å². The van der Waals surface area contributed by atoms with Crippen LogP contribution < -0.4 is 0 Å². The molecular weight excluding hydrogens is 264 g/mol. The molecule has 0 unspecified atom stereocenters. The lowest BCUT2D eigenvalue weighted by atomic mass is 9.80. The van der Waals surface area contributed by atoms with Crippen LogP contribution in [0, 0.1) is 12.8 Å². The van der Waals surface area contributed by atoms with E-state index < -0.39 is 0 Å². The van der Waals surface area contributed by atoms with Gasteiger partial charge in [0.25, 0.3) is 5.91 Å². The van der Waals surface area contributed by atoms with Crippen LogP contribution in [0.5, 0.6) is 0 Å². The molecule has 1 aliphatic heterocycles. The highest BCUT2D eigenvalue weighted by molar-refractivity contribution is 5.93. The zero-order chi connectivity index (χ0) is 15.0. The Morgan fingerprint density at radius 2 is 1.95 bits per heavy atom. The second kappa shape index (κ2) is 5.84. The van der Waals surface area contributed by atoms with Crippen molar-refractivity contribution in [2.45, 2.75) is 57.6 Å². The van der Waals surface area contributed by atoms with Crippen LogP contribution in [0.1, 0.15) is 54.7 Å². The highest BCUT2D eigenvalue weighted by Gasteiger charge is 2.39. The van der Waals surface area contributed by atoms with Gasteiger partial charge in [-0.25, -0.2) is 0 Å². The summed E-state index contributed by atoms with van der Waals surface area (Å²) in [5.74, 6) is 0.400. The van der Waals surface area contributed by atoms with Crippen molar-refractivity contribution in [1.82, 2.24) is 9.47 Å². The van der Waals surface area contributed by atoms with Crippen molar-refractivity contribution in [3.8, 4) is 0 Å². The van der Waals surface area contributed by atoms with Gasteiger partial charge >= 0.3 is 0 Å². The van der Waals surface area contributed by atoms with E-state index in [1.54, 1.807) is 0 Å². The molecule has 2 fully saturated rings. The molecule has 1 aromatic heterocycles. The van der Waals surface area contributed by atoms with Gasteiger partial charge < -0.3 is 14.6 Å². The van der Waals surface area contributed by atoms with E-state index in [1.807, 2.05) is 35.6 Å². The molecule has 0 aromatic carbocycles. The van der Waals surface area contributed by atoms with E-state index in [0.29, 0.717) is 0 Å². The molecule has 3 rings (SSSR count). The highest BCUT2D eigenvalue weighted by atomic mass is 16.3. The summed E-state index contributed by atoms with van der Waals surface area (Å²) in [5.41, 5.74) is 1.87. The molecule has 21 heavy (non-hydrogen) atoms. The van der Waals surface area contributed by atoms with Crippen LogP contribution in [0.2, 0.25) is 0 Å². The number of amides is 1. The smallest absolute Gasteiger partial charge is 0.270 e. The maximum Gasteiger partial charge on any atom is 0.270 e. The van der Waals surface area contributed by atoms with E-state index in [4.69, 9.17) is 0 Å². The van der Waals surface area contributed by atoms with Crippen LogP contribution in [0.3, 0.4) is 0 Å². The number of aryl methyl sites for hydroxylation is 1. The average molecular weight is 290 g/mol. The molecule has 1 N–H and O–H groups in total. The number of aliphatic hydroxyl groups excluding tert-OH is 1. The molecule has 3 atom stereocenters. The Morgan fingerprint density at radius 1 is 1.19 bits per heavy atom. The van der Waals surface area contributed by atoms with E-state index in [-0.39, 0.29) is 24.0 Å². The zero-order valence-electron chi connectivity index (χ0n) is 13.1. The number of aliphatic hydroxyl groups is 1. The third-order valence-electron chi connectivity index (χ3n) is 5.43. The maximum atomic E-state index is 12.9. The Kier molecular flexibility index (Phi) is 4.07. The van der Waals surface area contributed by atoms with Crippen molar-refractivity contribution in [2.75, 3.05) is 6.54 Å². The summed E-state index contributed by atoms with van der Waals surface area (Å²) in [6.07, 6.45) is 6.12. The molecule has 2 aliphatic rings. The number of hydrogen-bond acceptors (Lipinski definition) is 2. The van der Waals surface area contributed by atoms with Gasteiger partial charge in [0.05, 0.1) is 6.10 Å². The van der Waals surface area contributed by atoms with E-state index in [2.05, 4.69) is 0 Å². The third kappa shape index (κ3) is 2.61. The number of rotatable bonds is 2. The Labute approximate surface area is 126 Å². The molecule has 2 heterocycles. The predicted molar refractivity (Wildman–Crippen MR) is 82.2 cm³/mol. The van der Waals surface area contributed by atoms with Crippen LogP contribution in [0.25, 0.3) is 0 Å². The van der Waals surface area contributed by atoms with E-state index in [0.717, 1.165) is 50.0 Å². The Bertz CT molecular complexity index is 523. The minimum absolute atomic E-state index is 0.130.